The summed E-state index contributed by atoms with van der Waals surface area (Å²) in [6.45, 7) is 1.96. The van der Waals surface area contributed by atoms with E-state index in [2.05, 4.69) is 5.32 Å². The largest absolute Gasteiger partial charge is 0.381 e. The molecule has 5 heteroatoms. The highest BCUT2D eigenvalue weighted by molar-refractivity contribution is 6.33. The Morgan fingerprint density at radius 1 is 1.33 bits per heavy atom. The Balaban J connectivity index is 2.10. The summed E-state index contributed by atoms with van der Waals surface area (Å²) in [7, 11) is 0. The van der Waals surface area contributed by atoms with Crippen LogP contribution in [0.1, 0.15) is 22.8 Å². The SMILES string of the molecule is CC(Cc1cccc(F)c1)Nc1cc(C(N)=O)ccc1Cl. The topological polar surface area (TPSA) is 55.1 Å². The van der Waals surface area contributed by atoms with E-state index in [1.165, 1.54) is 12.1 Å². The van der Waals surface area contributed by atoms with Crippen LogP contribution >= 0.6 is 11.6 Å². The molecule has 3 nitrogen and oxygen atoms in total. The van der Waals surface area contributed by atoms with Crippen LogP contribution in [0.4, 0.5) is 10.1 Å². The number of primary amides is 1. The molecule has 21 heavy (non-hydrogen) atoms. The third-order valence-electron chi connectivity index (χ3n) is 3.08. The van der Waals surface area contributed by atoms with Crippen molar-refractivity contribution in [2.24, 2.45) is 5.73 Å². The smallest absolute Gasteiger partial charge is 0.248 e. The van der Waals surface area contributed by atoms with Crippen molar-refractivity contribution in [3.8, 4) is 0 Å². The Labute approximate surface area is 127 Å². The Bertz CT molecular complexity index is 660. The lowest BCUT2D eigenvalue weighted by molar-refractivity contribution is 0.100. The van der Waals surface area contributed by atoms with Crippen LogP contribution in [0.3, 0.4) is 0 Å². The number of halogens is 2. The quantitative estimate of drug-likeness (QED) is 0.886. The van der Waals surface area contributed by atoms with Crippen molar-refractivity contribution < 1.29 is 9.18 Å². The summed E-state index contributed by atoms with van der Waals surface area (Å²) in [6, 6.07) is 11.3. The summed E-state index contributed by atoms with van der Waals surface area (Å²) in [5.41, 5.74) is 7.16. The van der Waals surface area contributed by atoms with E-state index < -0.39 is 5.91 Å². The number of hydrogen-bond donors (Lipinski definition) is 2. The Morgan fingerprint density at radius 2 is 2.10 bits per heavy atom. The summed E-state index contributed by atoms with van der Waals surface area (Å²) in [5.74, 6) is -0.763. The van der Waals surface area contributed by atoms with Gasteiger partial charge in [-0.1, -0.05) is 23.7 Å². The Hall–Kier alpha value is -2.07. The summed E-state index contributed by atoms with van der Waals surface area (Å²) in [4.78, 5) is 11.2. The van der Waals surface area contributed by atoms with Crippen LogP contribution in [-0.4, -0.2) is 11.9 Å². The fourth-order valence-electron chi connectivity index (χ4n) is 2.12. The van der Waals surface area contributed by atoms with Gasteiger partial charge in [0.05, 0.1) is 10.7 Å². The minimum atomic E-state index is -0.507. The molecule has 1 unspecified atom stereocenters. The molecule has 0 saturated heterocycles. The van der Waals surface area contributed by atoms with Gasteiger partial charge in [0.25, 0.3) is 0 Å². The lowest BCUT2D eigenvalue weighted by Gasteiger charge is -2.17. The average molecular weight is 307 g/mol. The second-order valence-corrected chi connectivity index (χ2v) is 5.35. The third kappa shape index (κ3) is 4.20. The molecule has 0 aromatic heterocycles. The monoisotopic (exact) mass is 306 g/mol. The van der Waals surface area contributed by atoms with Gasteiger partial charge < -0.3 is 11.1 Å². The molecule has 0 bridgehead atoms. The number of nitrogens with two attached hydrogens (primary N) is 1. The van der Waals surface area contributed by atoms with E-state index in [0.717, 1.165) is 5.56 Å². The van der Waals surface area contributed by atoms with Gasteiger partial charge in [0.1, 0.15) is 5.82 Å². The Morgan fingerprint density at radius 3 is 2.76 bits per heavy atom. The number of carbonyl (C=O) groups is 1. The highest BCUT2D eigenvalue weighted by Gasteiger charge is 2.09. The molecule has 0 heterocycles. The summed E-state index contributed by atoms with van der Waals surface area (Å²) >= 11 is 6.10. The molecule has 0 saturated carbocycles. The molecule has 0 fully saturated rings. The second-order valence-electron chi connectivity index (χ2n) is 4.94. The normalized spacial score (nSPS) is 12.0. The molecule has 2 aromatic rings. The average Bonchev–Trinajstić information content (AvgIpc) is 2.41. The fourth-order valence-corrected chi connectivity index (χ4v) is 2.30. The van der Waals surface area contributed by atoms with E-state index in [9.17, 15) is 9.18 Å². The summed E-state index contributed by atoms with van der Waals surface area (Å²) in [5, 5.41) is 3.72. The van der Waals surface area contributed by atoms with Gasteiger partial charge in [-0.15, -0.1) is 0 Å². The maximum atomic E-state index is 13.2. The lowest BCUT2D eigenvalue weighted by Crippen LogP contribution is -2.19. The molecule has 0 aliphatic carbocycles. The maximum absolute atomic E-state index is 13.2. The zero-order valence-electron chi connectivity index (χ0n) is 11.6. The van der Waals surface area contributed by atoms with Gasteiger partial charge >= 0.3 is 0 Å². The molecule has 110 valence electrons. The molecule has 0 spiro atoms. The predicted octanol–water partition coefficient (Wildman–Crippen LogP) is 3.62. The van der Waals surface area contributed by atoms with Gasteiger partial charge in [-0.05, 0) is 49.2 Å². The minimum Gasteiger partial charge on any atom is -0.381 e. The first-order chi connectivity index (χ1) is 9.95. The zero-order chi connectivity index (χ0) is 15.4. The summed E-state index contributed by atoms with van der Waals surface area (Å²) < 4.78 is 13.2. The molecule has 0 radical (unpaired) electrons. The van der Waals surface area contributed by atoms with E-state index in [4.69, 9.17) is 17.3 Å². The van der Waals surface area contributed by atoms with Gasteiger partial charge in [0.2, 0.25) is 5.91 Å². The number of hydrogen-bond acceptors (Lipinski definition) is 2. The van der Waals surface area contributed by atoms with Crippen molar-refractivity contribution >= 4 is 23.2 Å². The van der Waals surface area contributed by atoms with Crippen molar-refractivity contribution in [2.45, 2.75) is 19.4 Å². The van der Waals surface area contributed by atoms with Crippen LogP contribution in [0, 0.1) is 5.82 Å². The highest BCUT2D eigenvalue weighted by Crippen LogP contribution is 2.24. The molecule has 0 aliphatic heterocycles. The van der Waals surface area contributed by atoms with Gasteiger partial charge in [-0.3, -0.25) is 4.79 Å². The van der Waals surface area contributed by atoms with E-state index >= 15 is 0 Å². The molecule has 0 aliphatic rings. The van der Waals surface area contributed by atoms with Crippen molar-refractivity contribution in [1.29, 1.82) is 0 Å². The number of anilines is 1. The second kappa shape index (κ2) is 6.59. The lowest BCUT2D eigenvalue weighted by atomic mass is 10.1. The molecular weight excluding hydrogens is 291 g/mol. The molecule has 1 atom stereocenters. The van der Waals surface area contributed by atoms with Crippen LogP contribution in [-0.2, 0) is 6.42 Å². The maximum Gasteiger partial charge on any atom is 0.248 e. The van der Waals surface area contributed by atoms with Gasteiger partial charge in [0, 0.05) is 11.6 Å². The van der Waals surface area contributed by atoms with E-state index in [0.29, 0.717) is 22.7 Å². The number of benzene rings is 2. The highest BCUT2D eigenvalue weighted by atomic mass is 35.5. The van der Waals surface area contributed by atoms with Crippen LogP contribution in [0.5, 0.6) is 0 Å². The van der Waals surface area contributed by atoms with Crippen LogP contribution in [0.2, 0.25) is 5.02 Å². The first kappa shape index (κ1) is 15.3. The molecule has 3 N–H and O–H groups in total. The minimum absolute atomic E-state index is 0.0208. The zero-order valence-corrected chi connectivity index (χ0v) is 12.3. The number of rotatable bonds is 5. The molecular formula is C16H16ClFN2O. The van der Waals surface area contributed by atoms with E-state index in [1.807, 2.05) is 13.0 Å². The summed E-state index contributed by atoms with van der Waals surface area (Å²) in [6.07, 6.45) is 0.634. The fraction of sp³-hybridized carbons (Fsp3) is 0.188. The van der Waals surface area contributed by atoms with Crippen molar-refractivity contribution in [3.63, 3.8) is 0 Å². The first-order valence-corrected chi connectivity index (χ1v) is 6.94. The van der Waals surface area contributed by atoms with Crippen LogP contribution in [0.15, 0.2) is 42.5 Å². The van der Waals surface area contributed by atoms with Crippen molar-refractivity contribution in [2.75, 3.05) is 5.32 Å². The van der Waals surface area contributed by atoms with Gasteiger partial charge in [-0.2, -0.15) is 0 Å². The Kier molecular flexibility index (Phi) is 4.81. The van der Waals surface area contributed by atoms with Gasteiger partial charge in [-0.25, -0.2) is 4.39 Å². The van der Waals surface area contributed by atoms with Crippen molar-refractivity contribution in [3.05, 3.63) is 64.4 Å². The van der Waals surface area contributed by atoms with Gasteiger partial charge in [0.15, 0.2) is 0 Å². The predicted molar refractivity (Wildman–Crippen MR) is 83.2 cm³/mol. The van der Waals surface area contributed by atoms with Crippen LogP contribution in [0.25, 0.3) is 0 Å². The third-order valence-corrected chi connectivity index (χ3v) is 3.41. The number of amides is 1. The first-order valence-electron chi connectivity index (χ1n) is 6.56. The van der Waals surface area contributed by atoms with Crippen molar-refractivity contribution in [1.82, 2.24) is 0 Å². The molecule has 2 aromatic carbocycles. The van der Waals surface area contributed by atoms with E-state index in [-0.39, 0.29) is 11.9 Å². The molecule has 1 amide bonds. The van der Waals surface area contributed by atoms with E-state index in [1.54, 1.807) is 24.3 Å². The number of nitrogens with one attached hydrogen (secondary N) is 1. The number of carbonyl (C=O) groups excluding carboxylic acids is 1. The standard InChI is InChI=1S/C16H16ClFN2O/c1-10(7-11-3-2-4-13(18)8-11)20-15-9-12(16(19)21)5-6-14(15)17/h2-6,8-10,20H,7H2,1H3,(H2,19,21). The van der Waals surface area contributed by atoms with Crippen LogP contribution < -0.4 is 11.1 Å². The molecule has 2 rings (SSSR count).